The molecule has 2 N–H and O–H groups in total. The van der Waals surface area contributed by atoms with Gasteiger partial charge in [-0.3, -0.25) is 4.72 Å². The van der Waals surface area contributed by atoms with E-state index in [0.29, 0.717) is 16.5 Å². The van der Waals surface area contributed by atoms with Gasteiger partial charge in [0.05, 0.1) is 17.6 Å². The molecule has 0 aliphatic carbocycles. The van der Waals surface area contributed by atoms with Gasteiger partial charge in [0.15, 0.2) is 0 Å². The van der Waals surface area contributed by atoms with Crippen LogP contribution in [0.15, 0.2) is 59.5 Å². The number of carboxylic acids is 1. The van der Waals surface area contributed by atoms with Gasteiger partial charge in [-0.25, -0.2) is 17.6 Å². The van der Waals surface area contributed by atoms with Crippen molar-refractivity contribution < 1.29 is 27.4 Å². The van der Waals surface area contributed by atoms with Gasteiger partial charge < -0.3 is 9.84 Å². The van der Waals surface area contributed by atoms with Crippen LogP contribution in [-0.2, 0) is 10.0 Å². The van der Waals surface area contributed by atoms with E-state index in [1.54, 1.807) is 24.3 Å². The van der Waals surface area contributed by atoms with Crippen molar-refractivity contribution in [1.29, 1.82) is 0 Å². The van der Waals surface area contributed by atoms with Gasteiger partial charge in [-0.1, -0.05) is 24.3 Å². The van der Waals surface area contributed by atoms with Crippen molar-refractivity contribution in [3.8, 4) is 5.75 Å². The van der Waals surface area contributed by atoms with Gasteiger partial charge in [-0.15, -0.1) is 0 Å². The molecule has 3 rings (SSSR count). The third kappa shape index (κ3) is 3.18. The van der Waals surface area contributed by atoms with E-state index in [0.717, 1.165) is 18.2 Å². The second-order valence-corrected chi connectivity index (χ2v) is 7.07. The Hall–Kier alpha value is -3.13. The van der Waals surface area contributed by atoms with Crippen LogP contribution in [0.25, 0.3) is 10.8 Å². The van der Waals surface area contributed by atoms with Crippen molar-refractivity contribution in [1.82, 2.24) is 0 Å². The number of anilines is 1. The molecule has 0 bridgehead atoms. The maximum atomic E-state index is 13.5. The molecule has 0 aromatic heterocycles. The molecule has 0 saturated carbocycles. The summed E-state index contributed by atoms with van der Waals surface area (Å²) in [6.45, 7) is 0. The lowest BCUT2D eigenvalue weighted by molar-refractivity contribution is 0.0692. The Morgan fingerprint density at radius 1 is 1.08 bits per heavy atom. The molecule has 0 atom stereocenters. The number of hydrogen-bond donors (Lipinski definition) is 2. The first kappa shape index (κ1) is 17.7. The quantitative estimate of drug-likeness (QED) is 0.712. The Kier molecular flexibility index (Phi) is 4.52. The molecule has 8 heteroatoms. The number of nitrogens with one attached hydrogen (secondary N) is 1. The predicted octanol–water partition coefficient (Wildman–Crippen LogP) is 3.49. The summed E-state index contributed by atoms with van der Waals surface area (Å²) < 4.78 is 46.6. The lowest BCUT2D eigenvalue weighted by atomic mass is 10.1. The van der Waals surface area contributed by atoms with Gasteiger partial charge in [-0.2, -0.15) is 0 Å². The van der Waals surface area contributed by atoms with Gasteiger partial charge >= 0.3 is 5.97 Å². The maximum absolute atomic E-state index is 13.5. The Labute approximate surface area is 148 Å². The number of halogens is 1. The smallest absolute Gasteiger partial charge is 0.338 e. The van der Waals surface area contributed by atoms with Crippen LogP contribution in [0.2, 0.25) is 0 Å². The first-order valence-corrected chi connectivity index (χ1v) is 8.93. The minimum Gasteiger partial charge on any atom is -0.496 e. The van der Waals surface area contributed by atoms with E-state index in [1.807, 2.05) is 0 Å². The number of fused-ring (bicyclic) bond motifs is 1. The average molecular weight is 375 g/mol. The molecular formula is C18H14FNO5S. The van der Waals surface area contributed by atoms with Crippen LogP contribution in [-0.4, -0.2) is 26.6 Å². The summed E-state index contributed by atoms with van der Waals surface area (Å²) in [5.74, 6) is -1.91. The topological polar surface area (TPSA) is 92.7 Å². The highest BCUT2D eigenvalue weighted by molar-refractivity contribution is 7.93. The molecule has 0 amide bonds. The normalized spacial score (nSPS) is 11.3. The van der Waals surface area contributed by atoms with Crippen LogP contribution in [0.3, 0.4) is 0 Å². The van der Waals surface area contributed by atoms with Crippen molar-refractivity contribution in [3.05, 3.63) is 66.0 Å². The maximum Gasteiger partial charge on any atom is 0.338 e. The van der Waals surface area contributed by atoms with E-state index in [1.165, 1.54) is 19.2 Å². The third-order valence-electron chi connectivity index (χ3n) is 3.80. The fourth-order valence-corrected chi connectivity index (χ4v) is 3.88. The van der Waals surface area contributed by atoms with Gasteiger partial charge in [0.25, 0.3) is 10.0 Å². The van der Waals surface area contributed by atoms with E-state index >= 15 is 0 Å². The van der Waals surface area contributed by atoms with Crippen molar-refractivity contribution in [2.24, 2.45) is 0 Å². The molecule has 0 aliphatic heterocycles. The summed E-state index contributed by atoms with van der Waals surface area (Å²) in [7, 11) is -2.55. The second-order valence-electron chi connectivity index (χ2n) is 5.42. The zero-order valence-corrected chi connectivity index (χ0v) is 14.4. The van der Waals surface area contributed by atoms with Crippen molar-refractivity contribution in [2.45, 2.75) is 4.90 Å². The minimum atomic E-state index is -4.04. The third-order valence-corrected chi connectivity index (χ3v) is 5.24. The summed E-state index contributed by atoms with van der Waals surface area (Å²) in [6, 6.07) is 12.7. The Bertz CT molecular complexity index is 1110. The first-order valence-electron chi connectivity index (χ1n) is 7.45. The average Bonchev–Trinajstić information content (AvgIpc) is 2.61. The molecule has 134 valence electrons. The molecular weight excluding hydrogens is 361 g/mol. The molecule has 0 unspecified atom stereocenters. The Morgan fingerprint density at radius 2 is 1.77 bits per heavy atom. The SMILES string of the molecule is COc1ccc(S(=O)(=O)Nc2ccc(F)c(C(=O)O)c2)c2ccccc12. The van der Waals surface area contributed by atoms with Gasteiger partial charge in [0.1, 0.15) is 11.6 Å². The fraction of sp³-hybridized carbons (Fsp3) is 0.0556. The standard InChI is InChI=1S/C18H14FNO5S/c1-25-16-8-9-17(13-5-3-2-4-12(13)16)26(23,24)20-11-6-7-15(19)14(10-11)18(21)22/h2-10,20H,1H3,(H,21,22). The van der Waals surface area contributed by atoms with Crippen molar-refractivity contribution >= 4 is 32.5 Å². The number of ether oxygens (including phenoxy) is 1. The monoisotopic (exact) mass is 375 g/mol. The summed E-state index contributed by atoms with van der Waals surface area (Å²) in [5, 5.41) is 10.0. The lowest BCUT2D eigenvalue weighted by Gasteiger charge is -2.13. The molecule has 0 fully saturated rings. The van der Waals surface area contributed by atoms with Crippen LogP contribution in [0.1, 0.15) is 10.4 Å². The van der Waals surface area contributed by atoms with E-state index < -0.39 is 27.4 Å². The van der Waals surface area contributed by atoms with Gasteiger partial charge in [-0.05, 0) is 30.3 Å². The van der Waals surface area contributed by atoms with Crippen LogP contribution in [0.5, 0.6) is 5.75 Å². The fourth-order valence-electron chi connectivity index (χ4n) is 2.62. The molecule has 0 radical (unpaired) electrons. The number of hydrogen-bond acceptors (Lipinski definition) is 4. The number of carboxylic acid groups (broad SMARTS) is 1. The number of sulfonamides is 1. The van der Waals surface area contributed by atoms with Crippen LogP contribution in [0.4, 0.5) is 10.1 Å². The molecule has 0 saturated heterocycles. The molecule has 3 aromatic rings. The molecule has 3 aromatic carbocycles. The summed E-state index contributed by atoms with van der Waals surface area (Å²) in [4.78, 5) is 11.0. The molecule has 0 spiro atoms. The number of methoxy groups -OCH3 is 1. The van der Waals surface area contributed by atoms with E-state index in [4.69, 9.17) is 9.84 Å². The number of benzene rings is 3. The molecule has 6 nitrogen and oxygen atoms in total. The van der Waals surface area contributed by atoms with Crippen LogP contribution >= 0.6 is 0 Å². The van der Waals surface area contributed by atoms with Crippen LogP contribution < -0.4 is 9.46 Å². The largest absolute Gasteiger partial charge is 0.496 e. The number of aromatic carboxylic acids is 1. The summed E-state index contributed by atoms with van der Waals surface area (Å²) >= 11 is 0. The van der Waals surface area contributed by atoms with E-state index in [9.17, 15) is 17.6 Å². The zero-order valence-electron chi connectivity index (χ0n) is 13.6. The second kappa shape index (κ2) is 6.64. The minimum absolute atomic E-state index is 0.00454. The number of carbonyl (C=O) groups is 1. The van der Waals surface area contributed by atoms with Crippen molar-refractivity contribution in [3.63, 3.8) is 0 Å². The van der Waals surface area contributed by atoms with E-state index in [2.05, 4.69) is 4.72 Å². The molecule has 0 aliphatic rings. The highest BCUT2D eigenvalue weighted by Crippen LogP contribution is 2.31. The van der Waals surface area contributed by atoms with Crippen LogP contribution in [0, 0.1) is 5.82 Å². The predicted molar refractivity (Wildman–Crippen MR) is 94.7 cm³/mol. The Balaban J connectivity index is 2.09. The molecule has 26 heavy (non-hydrogen) atoms. The van der Waals surface area contributed by atoms with Gasteiger partial charge in [0.2, 0.25) is 0 Å². The Morgan fingerprint density at radius 3 is 2.42 bits per heavy atom. The zero-order chi connectivity index (χ0) is 18.9. The molecule has 0 heterocycles. The van der Waals surface area contributed by atoms with Gasteiger partial charge in [0, 0.05) is 16.5 Å². The van der Waals surface area contributed by atoms with Crippen molar-refractivity contribution in [2.75, 3.05) is 11.8 Å². The lowest BCUT2D eigenvalue weighted by Crippen LogP contribution is -2.14. The highest BCUT2D eigenvalue weighted by Gasteiger charge is 2.20. The summed E-state index contributed by atoms with van der Waals surface area (Å²) in [5.41, 5.74) is -0.673. The first-order chi connectivity index (χ1) is 12.3. The number of rotatable bonds is 5. The highest BCUT2D eigenvalue weighted by atomic mass is 32.2. The summed E-state index contributed by atoms with van der Waals surface area (Å²) in [6.07, 6.45) is 0. The van der Waals surface area contributed by atoms with E-state index in [-0.39, 0.29) is 10.6 Å².